The van der Waals surface area contributed by atoms with Crippen LogP contribution in [0.15, 0.2) is 35.7 Å². The Morgan fingerprint density at radius 3 is 2.65 bits per heavy atom. The minimum atomic E-state index is -0.757. The number of hydrogen-bond acceptors (Lipinski definition) is 3. The fourth-order valence-corrected chi connectivity index (χ4v) is 2.80. The number of amides is 2. The summed E-state index contributed by atoms with van der Waals surface area (Å²) in [6, 6.07) is 6.54. The topological polar surface area (TPSA) is 61.4 Å². The van der Waals surface area contributed by atoms with Gasteiger partial charge in [0.1, 0.15) is 17.7 Å². The van der Waals surface area contributed by atoms with Gasteiger partial charge in [-0.05, 0) is 23.1 Å². The molecular formula is C16H18F2N2O2S. The maximum Gasteiger partial charge on any atom is 0.314 e. The van der Waals surface area contributed by atoms with E-state index in [9.17, 15) is 18.7 Å². The van der Waals surface area contributed by atoms with Crippen LogP contribution in [-0.4, -0.2) is 24.2 Å². The SMILES string of the molecule is C[C@@H](CNC(=O)NC[C@@H](O)c1cccs1)c1ccc(F)cc1F. The molecule has 0 aliphatic rings. The van der Waals surface area contributed by atoms with E-state index in [0.717, 1.165) is 10.9 Å². The van der Waals surface area contributed by atoms with Gasteiger partial charge in [-0.15, -0.1) is 11.3 Å². The second-order valence-corrected chi connectivity index (χ2v) is 6.17. The van der Waals surface area contributed by atoms with E-state index < -0.39 is 23.8 Å². The molecule has 0 bridgehead atoms. The molecule has 124 valence electrons. The van der Waals surface area contributed by atoms with Gasteiger partial charge in [-0.2, -0.15) is 0 Å². The molecule has 1 aromatic carbocycles. The number of nitrogens with one attached hydrogen (secondary N) is 2. The Kier molecular flexibility index (Phi) is 6.06. The lowest BCUT2D eigenvalue weighted by Crippen LogP contribution is -2.39. The van der Waals surface area contributed by atoms with Crippen LogP contribution in [0.1, 0.15) is 29.4 Å². The first-order valence-corrected chi connectivity index (χ1v) is 8.03. The fraction of sp³-hybridized carbons (Fsp3) is 0.312. The van der Waals surface area contributed by atoms with E-state index >= 15 is 0 Å². The third kappa shape index (κ3) is 5.01. The molecule has 0 unspecified atom stereocenters. The second-order valence-electron chi connectivity index (χ2n) is 5.19. The van der Waals surface area contributed by atoms with E-state index in [-0.39, 0.29) is 19.0 Å². The number of thiophene rings is 1. The third-order valence-electron chi connectivity index (χ3n) is 3.39. The monoisotopic (exact) mass is 340 g/mol. The van der Waals surface area contributed by atoms with Crippen molar-refractivity contribution in [1.82, 2.24) is 10.6 Å². The van der Waals surface area contributed by atoms with Gasteiger partial charge in [-0.3, -0.25) is 0 Å². The summed E-state index contributed by atoms with van der Waals surface area (Å²) in [5.41, 5.74) is 0.338. The first-order valence-electron chi connectivity index (χ1n) is 7.15. The number of carbonyl (C=O) groups is 1. The summed E-state index contributed by atoms with van der Waals surface area (Å²) in [7, 11) is 0. The third-order valence-corrected chi connectivity index (χ3v) is 4.36. The minimum absolute atomic E-state index is 0.0889. The van der Waals surface area contributed by atoms with Gasteiger partial charge < -0.3 is 15.7 Å². The van der Waals surface area contributed by atoms with Gasteiger partial charge in [0.2, 0.25) is 0 Å². The standard InChI is InChI=1S/C16H18F2N2O2S/c1-10(12-5-4-11(17)7-13(12)18)8-19-16(22)20-9-14(21)15-3-2-6-23-15/h2-7,10,14,21H,8-9H2,1H3,(H2,19,20,22)/t10-,14+/m0/s1. The predicted octanol–water partition coefficient (Wildman–Crippen LogP) is 3.16. The van der Waals surface area contributed by atoms with E-state index in [1.54, 1.807) is 13.0 Å². The molecule has 0 fully saturated rings. The number of hydrogen-bond donors (Lipinski definition) is 3. The molecule has 4 nitrogen and oxygen atoms in total. The molecule has 2 rings (SSSR count). The van der Waals surface area contributed by atoms with Crippen molar-refractivity contribution in [3.63, 3.8) is 0 Å². The quantitative estimate of drug-likeness (QED) is 0.756. The maximum atomic E-state index is 13.6. The first kappa shape index (κ1) is 17.4. The second kappa shape index (κ2) is 8.03. The number of carbonyl (C=O) groups excluding carboxylic acids is 1. The lowest BCUT2D eigenvalue weighted by atomic mass is 10.0. The molecule has 0 aliphatic heterocycles. The molecule has 0 saturated heterocycles. The number of aliphatic hydroxyl groups is 1. The van der Waals surface area contributed by atoms with Crippen molar-refractivity contribution in [3.05, 3.63) is 57.8 Å². The molecule has 2 aromatic rings. The van der Waals surface area contributed by atoms with Gasteiger partial charge in [0.25, 0.3) is 0 Å². The van der Waals surface area contributed by atoms with Crippen molar-refractivity contribution >= 4 is 17.4 Å². The summed E-state index contributed by atoms with van der Waals surface area (Å²) in [5.74, 6) is -1.57. The summed E-state index contributed by atoms with van der Waals surface area (Å²) in [5, 5.41) is 16.9. The van der Waals surface area contributed by atoms with Crippen LogP contribution in [0.25, 0.3) is 0 Å². The molecule has 0 radical (unpaired) electrons. The average molecular weight is 340 g/mol. The molecule has 2 amide bonds. The molecule has 0 spiro atoms. The van der Waals surface area contributed by atoms with Crippen LogP contribution in [-0.2, 0) is 0 Å². The highest BCUT2D eigenvalue weighted by Gasteiger charge is 2.14. The number of aliphatic hydroxyl groups excluding tert-OH is 1. The van der Waals surface area contributed by atoms with Crippen LogP contribution >= 0.6 is 11.3 Å². The van der Waals surface area contributed by atoms with Gasteiger partial charge in [-0.1, -0.05) is 19.1 Å². The number of halogens is 2. The number of urea groups is 1. The molecule has 2 atom stereocenters. The van der Waals surface area contributed by atoms with Gasteiger partial charge in [-0.25, -0.2) is 13.6 Å². The van der Waals surface area contributed by atoms with Crippen LogP contribution in [0, 0.1) is 11.6 Å². The molecule has 0 aliphatic carbocycles. The fourth-order valence-electron chi connectivity index (χ4n) is 2.09. The molecule has 0 saturated carbocycles. The van der Waals surface area contributed by atoms with E-state index in [0.29, 0.717) is 5.56 Å². The van der Waals surface area contributed by atoms with E-state index in [2.05, 4.69) is 10.6 Å². The Morgan fingerprint density at radius 2 is 2.00 bits per heavy atom. The van der Waals surface area contributed by atoms with Crippen LogP contribution in [0.3, 0.4) is 0 Å². The minimum Gasteiger partial charge on any atom is -0.386 e. The summed E-state index contributed by atoms with van der Waals surface area (Å²) in [6.07, 6.45) is -0.757. The Balaban J connectivity index is 1.77. The van der Waals surface area contributed by atoms with Crippen molar-refractivity contribution < 1.29 is 18.7 Å². The molecule has 3 N–H and O–H groups in total. The predicted molar refractivity (Wildman–Crippen MR) is 85.5 cm³/mol. The van der Waals surface area contributed by atoms with Crippen LogP contribution < -0.4 is 10.6 Å². The zero-order valence-electron chi connectivity index (χ0n) is 12.6. The molecule has 1 heterocycles. The van der Waals surface area contributed by atoms with Crippen molar-refractivity contribution in [2.45, 2.75) is 18.9 Å². The van der Waals surface area contributed by atoms with Crippen LogP contribution in [0.5, 0.6) is 0 Å². The normalized spacial score (nSPS) is 13.4. The Labute approximate surface area is 137 Å². The zero-order valence-corrected chi connectivity index (χ0v) is 13.4. The van der Waals surface area contributed by atoms with Gasteiger partial charge >= 0.3 is 6.03 Å². The highest BCUT2D eigenvalue weighted by atomic mass is 32.1. The Bertz CT molecular complexity index is 650. The summed E-state index contributed by atoms with van der Waals surface area (Å²) >= 11 is 1.41. The molecular weight excluding hydrogens is 322 g/mol. The smallest absolute Gasteiger partial charge is 0.314 e. The molecule has 23 heavy (non-hydrogen) atoms. The molecule has 1 aromatic heterocycles. The Hall–Kier alpha value is -1.99. The number of rotatable bonds is 6. The van der Waals surface area contributed by atoms with Crippen LogP contribution in [0.4, 0.5) is 13.6 Å². The van der Waals surface area contributed by atoms with Gasteiger partial charge in [0, 0.05) is 23.4 Å². The first-order chi connectivity index (χ1) is 11.0. The van der Waals surface area contributed by atoms with Gasteiger partial charge in [0.15, 0.2) is 0 Å². The van der Waals surface area contributed by atoms with E-state index in [4.69, 9.17) is 0 Å². The summed E-state index contributed by atoms with van der Waals surface area (Å²) in [4.78, 5) is 12.5. The highest BCUT2D eigenvalue weighted by Crippen LogP contribution is 2.19. The summed E-state index contributed by atoms with van der Waals surface area (Å²) < 4.78 is 26.5. The van der Waals surface area contributed by atoms with E-state index in [1.165, 1.54) is 23.5 Å². The zero-order chi connectivity index (χ0) is 16.8. The Morgan fingerprint density at radius 1 is 1.26 bits per heavy atom. The largest absolute Gasteiger partial charge is 0.386 e. The van der Waals surface area contributed by atoms with Crippen molar-refractivity contribution in [1.29, 1.82) is 0 Å². The van der Waals surface area contributed by atoms with Crippen molar-refractivity contribution in [2.24, 2.45) is 0 Å². The van der Waals surface area contributed by atoms with Crippen molar-refractivity contribution in [2.75, 3.05) is 13.1 Å². The number of benzene rings is 1. The maximum absolute atomic E-state index is 13.6. The lowest BCUT2D eigenvalue weighted by Gasteiger charge is -2.15. The highest BCUT2D eigenvalue weighted by molar-refractivity contribution is 7.10. The summed E-state index contributed by atoms with van der Waals surface area (Å²) in [6.45, 7) is 2.02. The van der Waals surface area contributed by atoms with Crippen LogP contribution in [0.2, 0.25) is 0 Å². The van der Waals surface area contributed by atoms with Crippen molar-refractivity contribution in [3.8, 4) is 0 Å². The lowest BCUT2D eigenvalue weighted by molar-refractivity contribution is 0.176. The van der Waals surface area contributed by atoms with Gasteiger partial charge in [0.05, 0.1) is 6.54 Å². The molecule has 7 heteroatoms. The average Bonchev–Trinajstić information content (AvgIpc) is 3.04. The van der Waals surface area contributed by atoms with E-state index in [1.807, 2.05) is 11.4 Å².